The van der Waals surface area contributed by atoms with Crippen molar-refractivity contribution < 1.29 is 0 Å². The van der Waals surface area contributed by atoms with E-state index in [1.807, 2.05) is 0 Å². The van der Waals surface area contributed by atoms with Crippen molar-refractivity contribution in [2.45, 2.75) is 84.3 Å². The van der Waals surface area contributed by atoms with Crippen LogP contribution in [0.25, 0.3) is 0 Å². The Hall–Kier alpha value is -0.0800. The highest BCUT2D eigenvalue weighted by molar-refractivity contribution is 4.98. The molecule has 2 nitrogen and oxygen atoms in total. The Labute approximate surface area is 108 Å². The van der Waals surface area contributed by atoms with Crippen LogP contribution in [0.1, 0.15) is 66.7 Å². The summed E-state index contributed by atoms with van der Waals surface area (Å²) in [6.07, 6.45) is 6.34. The van der Waals surface area contributed by atoms with Crippen molar-refractivity contribution in [3.8, 4) is 0 Å². The zero-order valence-corrected chi connectivity index (χ0v) is 12.6. The van der Waals surface area contributed by atoms with Gasteiger partial charge in [-0.1, -0.05) is 34.6 Å². The van der Waals surface area contributed by atoms with Gasteiger partial charge in [0.05, 0.1) is 0 Å². The second-order valence-corrected chi connectivity index (χ2v) is 5.57. The molecule has 0 aromatic heterocycles. The first-order chi connectivity index (χ1) is 8.16. The minimum absolute atomic E-state index is 0.369. The summed E-state index contributed by atoms with van der Waals surface area (Å²) in [4.78, 5) is 2.80. The zero-order valence-electron chi connectivity index (χ0n) is 12.6. The second kappa shape index (κ2) is 6.75. The predicted molar refractivity (Wildman–Crippen MR) is 76.5 cm³/mol. The van der Waals surface area contributed by atoms with E-state index in [2.05, 4.69) is 44.8 Å². The van der Waals surface area contributed by atoms with Crippen LogP contribution < -0.4 is 5.32 Å². The number of rotatable bonds is 6. The summed E-state index contributed by atoms with van der Waals surface area (Å²) in [5, 5.41) is 3.82. The fourth-order valence-corrected chi connectivity index (χ4v) is 3.27. The van der Waals surface area contributed by atoms with E-state index in [9.17, 15) is 0 Å². The molecule has 1 heterocycles. The number of piperazine rings is 1. The molecule has 0 radical (unpaired) electrons. The maximum atomic E-state index is 3.82. The Morgan fingerprint density at radius 1 is 1.12 bits per heavy atom. The van der Waals surface area contributed by atoms with Gasteiger partial charge in [-0.25, -0.2) is 0 Å². The topological polar surface area (TPSA) is 15.3 Å². The smallest absolute Gasteiger partial charge is 0.0304 e. The van der Waals surface area contributed by atoms with Gasteiger partial charge in [0.15, 0.2) is 0 Å². The Kier molecular flexibility index (Phi) is 5.94. The first kappa shape index (κ1) is 15.0. The summed E-state index contributed by atoms with van der Waals surface area (Å²) in [5.74, 6) is 0. The Bertz CT molecular complexity index is 199. The zero-order chi connectivity index (χ0) is 12.9. The van der Waals surface area contributed by atoms with E-state index in [1.54, 1.807) is 0 Å². The maximum Gasteiger partial charge on any atom is 0.0304 e. The monoisotopic (exact) mass is 240 g/mol. The largest absolute Gasteiger partial charge is 0.308 e. The summed E-state index contributed by atoms with van der Waals surface area (Å²) in [7, 11) is 0. The summed E-state index contributed by atoms with van der Waals surface area (Å²) in [5.41, 5.74) is 0.369. The van der Waals surface area contributed by atoms with Crippen LogP contribution in [0, 0.1) is 0 Å². The fourth-order valence-electron chi connectivity index (χ4n) is 3.27. The average molecular weight is 240 g/mol. The van der Waals surface area contributed by atoms with Crippen molar-refractivity contribution in [3.63, 3.8) is 0 Å². The highest BCUT2D eigenvalue weighted by Gasteiger charge is 2.37. The molecule has 1 rings (SSSR count). The van der Waals surface area contributed by atoms with Gasteiger partial charge in [-0.2, -0.15) is 0 Å². The average Bonchev–Trinajstić information content (AvgIpc) is 2.40. The van der Waals surface area contributed by atoms with Gasteiger partial charge in [-0.05, 0) is 32.1 Å². The van der Waals surface area contributed by atoms with E-state index in [0.29, 0.717) is 5.54 Å². The first-order valence-corrected chi connectivity index (χ1v) is 7.67. The minimum Gasteiger partial charge on any atom is -0.308 e. The predicted octanol–water partition coefficient (Wildman–Crippen LogP) is 3.42. The van der Waals surface area contributed by atoms with E-state index in [-0.39, 0.29) is 0 Å². The van der Waals surface area contributed by atoms with Crippen molar-refractivity contribution >= 4 is 0 Å². The SMILES string of the molecule is CCC(CC)N1CC(CC)(CC)NCC1CC. The third kappa shape index (κ3) is 3.23. The molecule has 1 aliphatic rings. The van der Waals surface area contributed by atoms with Crippen LogP contribution in [0.3, 0.4) is 0 Å². The lowest BCUT2D eigenvalue weighted by molar-refractivity contribution is 0.0318. The van der Waals surface area contributed by atoms with E-state index in [0.717, 1.165) is 12.1 Å². The van der Waals surface area contributed by atoms with Crippen LogP contribution in [-0.4, -0.2) is 35.6 Å². The van der Waals surface area contributed by atoms with Crippen molar-refractivity contribution in [2.24, 2.45) is 0 Å². The van der Waals surface area contributed by atoms with E-state index in [4.69, 9.17) is 0 Å². The van der Waals surface area contributed by atoms with Crippen LogP contribution >= 0.6 is 0 Å². The molecule has 17 heavy (non-hydrogen) atoms. The number of nitrogens with one attached hydrogen (secondary N) is 1. The van der Waals surface area contributed by atoms with Crippen molar-refractivity contribution in [2.75, 3.05) is 13.1 Å². The van der Waals surface area contributed by atoms with Crippen molar-refractivity contribution in [1.82, 2.24) is 10.2 Å². The summed E-state index contributed by atoms with van der Waals surface area (Å²) in [6, 6.07) is 1.52. The Balaban J connectivity index is 2.80. The molecule has 0 spiro atoms. The van der Waals surface area contributed by atoms with Crippen LogP contribution in [0.2, 0.25) is 0 Å². The quantitative estimate of drug-likeness (QED) is 0.765. The Morgan fingerprint density at radius 2 is 1.71 bits per heavy atom. The van der Waals surface area contributed by atoms with Crippen LogP contribution in [0.15, 0.2) is 0 Å². The van der Waals surface area contributed by atoms with Gasteiger partial charge < -0.3 is 5.32 Å². The van der Waals surface area contributed by atoms with Crippen molar-refractivity contribution in [3.05, 3.63) is 0 Å². The molecule has 0 bridgehead atoms. The summed E-state index contributed by atoms with van der Waals surface area (Å²) < 4.78 is 0. The fraction of sp³-hybridized carbons (Fsp3) is 1.00. The van der Waals surface area contributed by atoms with Gasteiger partial charge in [0, 0.05) is 30.7 Å². The van der Waals surface area contributed by atoms with E-state index >= 15 is 0 Å². The van der Waals surface area contributed by atoms with Gasteiger partial charge in [0.2, 0.25) is 0 Å². The first-order valence-electron chi connectivity index (χ1n) is 7.67. The van der Waals surface area contributed by atoms with Crippen molar-refractivity contribution in [1.29, 1.82) is 0 Å². The molecule has 0 aromatic rings. The normalized spacial score (nSPS) is 25.4. The lowest BCUT2D eigenvalue weighted by Gasteiger charge is -2.50. The lowest BCUT2D eigenvalue weighted by atomic mass is 9.86. The molecule has 0 aliphatic carbocycles. The lowest BCUT2D eigenvalue weighted by Crippen LogP contribution is -2.65. The molecule has 0 amide bonds. The van der Waals surface area contributed by atoms with Gasteiger partial charge in [0.1, 0.15) is 0 Å². The number of nitrogens with zero attached hydrogens (tertiary/aromatic N) is 1. The van der Waals surface area contributed by atoms with Crippen LogP contribution in [-0.2, 0) is 0 Å². The highest BCUT2D eigenvalue weighted by atomic mass is 15.3. The standard InChI is InChI=1S/C15H32N2/c1-6-13(7-2)17-12-15(9-4,10-5)16-11-14(17)8-3/h13-14,16H,6-12H2,1-5H3. The summed E-state index contributed by atoms with van der Waals surface area (Å²) in [6.45, 7) is 14.1. The molecular formula is C15H32N2. The molecule has 1 atom stereocenters. The highest BCUT2D eigenvalue weighted by Crippen LogP contribution is 2.27. The molecule has 1 saturated heterocycles. The number of hydrogen-bond acceptors (Lipinski definition) is 2. The molecule has 1 unspecified atom stereocenters. The second-order valence-electron chi connectivity index (χ2n) is 5.57. The molecule has 0 saturated carbocycles. The molecule has 0 aromatic carbocycles. The molecule has 102 valence electrons. The third-order valence-corrected chi connectivity index (χ3v) is 4.90. The number of hydrogen-bond donors (Lipinski definition) is 1. The maximum absolute atomic E-state index is 3.82. The Morgan fingerprint density at radius 3 is 2.12 bits per heavy atom. The minimum atomic E-state index is 0.369. The van der Waals surface area contributed by atoms with Crippen LogP contribution in [0.4, 0.5) is 0 Å². The van der Waals surface area contributed by atoms with Gasteiger partial charge >= 0.3 is 0 Å². The van der Waals surface area contributed by atoms with Gasteiger partial charge in [0.25, 0.3) is 0 Å². The van der Waals surface area contributed by atoms with Gasteiger partial charge in [-0.3, -0.25) is 4.90 Å². The molecule has 2 heteroatoms. The third-order valence-electron chi connectivity index (χ3n) is 4.90. The van der Waals surface area contributed by atoms with Gasteiger partial charge in [-0.15, -0.1) is 0 Å². The molecule has 1 aliphatic heterocycles. The molecular weight excluding hydrogens is 208 g/mol. The molecule has 1 N–H and O–H groups in total. The van der Waals surface area contributed by atoms with E-state index < -0.39 is 0 Å². The molecule has 1 fully saturated rings. The van der Waals surface area contributed by atoms with E-state index in [1.165, 1.54) is 45.2 Å². The summed E-state index contributed by atoms with van der Waals surface area (Å²) >= 11 is 0. The van der Waals surface area contributed by atoms with Crippen LogP contribution in [0.5, 0.6) is 0 Å².